The van der Waals surface area contributed by atoms with E-state index in [0.717, 1.165) is 23.4 Å². The van der Waals surface area contributed by atoms with Crippen molar-refractivity contribution in [3.8, 4) is 11.3 Å². The standard InChI is InChI=1S/C18H21N5O/c1-12(2)8-15-9-14(11-20-15)18(24)21-17-10-16(22-23(17)3)13-4-6-19-7-5-13/h4-7,9-10,12H,8,11H2,1-3H3,(H,21,24). The summed E-state index contributed by atoms with van der Waals surface area (Å²) in [6.07, 6.45) is 6.24. The maximum Gasteiger partial charge on any atom is 0.254 e. The Hall–Kier alpha value is -2.76. The predicted octanol–water partition coefficient (Wildman–Crippen LogP) is 2.85. The van der Waals surface area contributed by atoms with Gasteiger partial charge in [0.2, 0.25) is 0 Å². The van der Waals surface area contributed by atoms with Crippen LogP contribution in [0.1, 0.15) is 20.3 Å². The molecule has 0 atom stereocenters. The van der Waals surface area contributed by atoms with Crippen LogP contribution in [0.5, 0.6) is 0 Å². The van der Waals surface area contributed by atoms with Gasteiger partial charge in [-0.3, -0.25) is 19.5 Å². The number of nitrogens with zero attached hydrogens (tertiary/aromatic N) is 4. The molecule has 0 aliphatic carbocycles. The van der Waals surface area contributed by atoms with E-state index in [1.165, 1.54) is 0 Å². The molecule has 2 aromatic rings. The molecular weight excluding hydrogens is 302 g/mol. The summed E-state index contributed by atoms with van der Waals surface area (Å²) in [6, 6.07) is 5.64. The van der Waals surface area contributed by atoms with Gasteiger partial charge in [0.1, 0.15) is 5.82 Å². The SMILES string of the molecule is CC(C)CC1=NCC(C(=O)Nc2cc(-c3ccncc3)nn2C)=C1. The molecule has 6 heteroatoms. The lowest BCUT2D eigenvalue weighted by atomic mass is 10.1. The molecule has 0 saturated heterocycles. The van der Waals surface area contributed by atoms with Crippen LogP contribution in [-0.2, 0) is 11.8 Å². The fraction of sp³-hybridized carbons (Fsp3) is 0.333. The number of aliphatic imine (C=N–C) groups is 1. The van der Waals surface area contributed by atoms with Crippen LogP contribution in [0.15, 0.2) is 47.2 Å². The predicted molar refractivity (Wildman–Crippen MR) is 94.9 cm³/mol. The van der Waals surface area contributed by atoms with Crippen LogP contribution in [0.2, 0.25) is 0 Å². The maximum absolute atomic E-state index is 12.4. The minimum Gasteiger partial charge on any atom is -0.307 e. The molecule has 0 aromatic carbocycles. The Bertz CT molecular complexity index is 802. The highest BCUT2D eigenvalue weighted by atomic mass is 16.1. The number of aryl methyl sites for hydroxylation is 1. The summed E-state index contributed by atoms with van der Waals surface area (Å²) in [5.41, 5.74) is 3.45. The molecule has 0 spiro atoms. The molecule has 6 nitrogen and oxygen atoms in total. The molecule has 1 N–H and O–H groups in total. The molecular formula is C18H21N5O. The molecule has 1 amide bonds. The van der Waals surface area contributed by atoms with Crippen molar-refractivity contribution in [2.75, 3.05) is 11.9 Å². The van der Waals surface area contributed by atoms with Gasteiger partial charge in [-0.25, -0.2) is 0 Å². The van der Waals surface area contributed by atoms with Gasteiger partial charge in [0.25, 0.3) is 5.91 Å². The van der Waals surface area contributed by atoms with Crippen LogP contribution in [0.3, 0.4) is 0 Å². The second kappa shape index (κ2) is 6.78. The van der Waals surface area contributed by atoms with Crippen LogP contribution in [0.25, 0.3) is 11.3 Å². The van der Waals surface area contributed by atoms with E-state index in [1.807, 2.05) is 31.3 Å². The molecule has 0 saturated carbocycles. The number of pyridine rings is 1. The Labute approximate surface area is 141 Å². The molecule has 1 aliphatic rings. The fourth-order valence-corrected chi connectivity index (χ4v) is 2.60. The first kappa shape index (κ1) is 16.1. The maximum atomic E-state index is 12.4. The van der Waals surface area contributed by atoms with E-state index in [0.29, 0.717) is 23.9 Å². The topological polar surface area (TPSA) is 72.2 Å². The third-order valence-corrected chi connectivity index (χ3v) is 3.80. The van der Waals surface area contributed by atoms with Crippen molar-refractivity contribution in [1.82, 2.24) is 14.8 Å². The smallest absolute Gasteiger partial charge is 0.254 e. The number of rotatable bonds is 5. The summed E-state index contributed by atoms with van der Waals surface area (Å²) in [6.45, 7) is 4.73. The average molecular weight is 323 g/mol. The highest BCUT2D eigenvalue weighted by Crippen LogP contribution is 2.21. The Morgan fingerprint density at radius 3 is 2.79 bits per heavy atom. The van der Waals surface area contributed by atoms with Crippen LogP contribution in [-0.4, -0.2) is 32.9 Å². The summed E-state index contributed by atoms with van der Waals surface area (Å²) in [5, 5.41) is 7.36. The Balaban J connectivity index is 1.71. The summed E-state index contributed by atoms with van der Waals surface area (Å²) in [7, 11) is 1.81. The Kier molecular flexibility index (Phi) is 4.55. The Morgan fingerprint density at radius 1 is 1.33 bits per heavy atom. The summed E-state index contributed by atoms with van der Waals surface area (Å²) >= 11 is 0. The van der Waals surface area contributed by atoms with Gasteiger partial charge in [0, 0.05) is 42.4 Å². The van der Waals surface area contributed by atoms with Gasteiger partial charge in [-0.15, -0.1) is 0 Å². The lowest BCUT2D eigenvalue weighted by Crippen LogP contribution is -2.17. The lowest BCUT2D eigenvalue weighted by Gasteiger charge is -2.04. The number of carbonyl (C=O) groups is 1. The zero-order chi connectivity index (χ0) is 17.1. The quantitative estimate of drug-likeness (QED) is 0.919. The lowest BCUT2D eigenvalue weighted by molar-refractivity contribution is -0.112. The number of carbonyl (C=O) groups excluding carboxylic acids is 1. The molecule has 0 unspecified atom stereocenters. The number of anilines is 1. The van der Waals surface area contributed by atoms with E-state index < -0.39 is 0 Å². The van der Waals surface area contributed by atoms with Crippen LogP contribution >= 0.6 is 0 Å². The second-order valence-electron chi connectivity index (χ2n) is 6.30. The first-order valence-electron chi connectivity index (χ1n) is 8.02. The number of hydrogen-bond acceptors (Lipinski definition) is 4. The van der Waals surface area contributed by atoms with Crippen molar-refractivity contribution in [2.45, 2.75) is 20.3 Å². The third-order valence-electron chi connectivity index (χ3n) is 3.80. The van der Waals surface area contributed by atoms with E-state index >= 15 is 0 Å². The molecule has 124 valence electrons. The number of amides is 1. The highest BCUT2D eigenvalue weighted by molar-refractivity contribution is 6.11. The molecule has 2 aromatic heterocycles. The normalized spacial score (nSPS) is 13.8. The Morgan fingerprint density at radius 2 is 2.08 bits per heavy atom. The summed E-state index contributed by atoms with van der Waals surface area (Å²) in [4.78, 5) is 20.9. The fourth-order valence-electron chi connectivity index (χ4n) is 2.60. The monoisotopic (exact) mass is 323 g/mol. The van der Waals surface area contributed by atoms with Crippen LogP contribution < -0.4 is 5.32 Å². The van der Waals surface area contributed by atoms with E-state index in [4.69, 9.17) is 0 Å². The van der Waals surface area contributed by atoms with Crippen LogP contribution in [0.4, 0.5) is 5.82 Å². The number of nitrogens with one attached hydrogen (secondary N) is 1. The van der Waals surface area contributed by atoms with Gasteiger partial charge in [0.05, 0.1) is 12.2 Å². The summed E-state index contributed by atoms with van der Waals surface area (Å²) in [5.74, 6) is 1.06. The van der Waals surface area contributed by atoms with E-state index in [2.05, 4.69) is 34.2 Å². The second-order valence-corrected chi connectivity index (χ2v) is 6.30. The highest BCUT2D eigenvalue weighted by Gasteiger charge is 2.18. The largest absolute Gasteiger partial charge is 0.307 e. The van der Waals surface area contributed by atoms with E-state index in [9.17, 15) is 4.79 Å². The van der Waals surface area contributed by atoms with Gasteiger partial charge in [0.15, 0.2) is 0 Å². The van der Waals surface area contributed by atoms with Gasteiger partial charge < -0.3 is 5.32 Å². The third kappa shape index (κ3) is 3.59. The minimum absolute atomic E-state index is 0.123. The molecule has 0 fully saturated rings. The van der Waals surface area contributed by atoms with Crippen molar-refractivity contribution in [3.05, 3.63) is 42.2 Å². The zero-order valence-electron chi connectivity index (χ0n) is 14.2. The molecule has 3 rings (SSSR count). The van der Waals surface area contributed by atoms with Crippen molar-refractivity contribution < 1.29 is 4.79 Å². The van der Waals surface area contributed by atoms with Crippen molar-refractivity contribution >= 4 is 17.4 Å². The zero-order valence-corrected chi connectivity index (χ0v) is 14.2. The van der Waals surface area contributed by atoms with Crippen LogP contribution in [0, 0.1) is 5.92 Å². The van der Waals surface area contributed by atoms with Gasteiger partial charge >= 0.3 is 0 Å². The van der Waals surface area contributed by atoms with Gasteiger partial charge in [-0.1, -0.05) is 13.8 Å². The first-order valence-corrected chi connectivity index (χ1v) is 8.02. The van der Waals surface area contributed by atoms with Gasteiger partial charge in [-0.05, 0) is 30.5 Å². The first-order chi connectivity index (χ1) is 11.5. The number of hydrogen-bond donors (Lipinski definition) is 1. The van der Waals surface area contributed by atoms with E-state index in [-0.39, 0.29) is 5.91 Å². The molecule has 0 radical (unpaired) electrons. The molecule has 0 bridgehead atoms. The minimum atomic E-state index is -0.123. The van der Waals surface area contributed by atoms with E-state index in [1.54, 1.807) is 17.1 Å². The van der Waals surface area contributed by atoms with Crippen molar-refractivity contribution in [2.24, 2.45) is 18.0 Å². The molecule has 1 aliphatic heterocycles. The molecule has 3 heterocycles. The summed E-state index contributed by atoms with van der Waals surface area (Å²) < 4.78 is 1.67. The number of aromatic nitrogens is 3. The average Bonchev–Trinajstić information content (AvgIpc) is 3.15. The molecule has 24 heavy (non-hydrogen) atoms. The number of allylic oxidation sites excluding steroid dienone is 1. The van der Waals surface area contributed by atoms with Crippen molar-refractivity contribution in [3.63, 3.8) is 0 Å². The van der Waals surface area contributed by atoms with Gasteiger partial charge in [-0.2, -0.15) is 5.10 Å². The van der Waals surface area contributed by atoms with Crippen molar-refractivity contribution in [1.29, 1.82) is 0 Å².